The number of carboxylic acid groups (broad SMARTS) is 1. The molecule has 1 saturated carbocycles. The van der Waals surface area contributed by atoms with Crippen molar-refractivity contribution in [2.24, 2.45) is 10.9 Å². The summed E-state index contributed by atoms with van der Waals surface area (Å²) in [7, 11) is 0. The number of benzene rings is 1. The summed E-state index contributed by atoms with van der Waals surface area (Å²) in [4.78, 5) is 36.3. The molecule has 2 heterocycles. The molecule has 1 aliphatic heterocycles. The number of carbonyl (C=O) groups is 2. The molecule has 1 amide bonds. The van der Waals surface area contributed by atoms with Crippen LogP contribution in [0.4, 0.5) is 11.5 Å². The number of nitrogens with one attached hydrogen (secondary N) is 1. The lowest BCUT2D eigenvalue weighted by Crippen LogP contribution is -2.46. The van der Waals surface area contributed by atoms with Crippen molar-refractivity contribution < 1.29 is 24.5 Å². The number of nitrogens with two attached hydrogens (primary N) is 1. The lowest BCUT2D eigenvalue weighted by Gasteiger charge is -2.32. The second-order valence-electron chi connectivity index (χ2n) is 9.24. The average molecular weight is 468 g/mol. The molecule has 1 unspecified atom stereocenters. The van der Waals surface area contributed by atoms with Crippen LogP contribution in [0.5, 0.6) is 5.88 Å². The Labute approximate surface area is 197 Å². The summed E-state index contributed by atoms with van der Waals surface area (Å²) in [6, 6.07) is 6.92. The number of aromatic nitrogens is 2. The number of hydrogen-bond donors (Lipinski definition) is 4. The normalized spacial score (nSPS) is 22.0. The minimum atomic E-state index is -1.26. The first kappa shape index (κ1) is 23.6. The molecule has 1 fully saturated rings. The van der Waals surface area contributed by atoms with Crippen LogP contribution in [0.15, 0.2) is 35.6 Å². The fourth-order valence-corrected chi connectivity index (χ4v) is 4.58. The highest BCUT2D eigenvalue weighted by Gasteiger charge is 2.35. The fraction of sp³-hybridized carbons (Fsp3) is 0.458. The lowest BCUT2D eigenvalue weighted by atomic mass is 9.78. The number of aliphatic hydroxyl groups excluding tert-OH is 1. The minimum absolute atomic E-state index is 0.244. The highest BCUT2D eigenvalue weighted by molar-refractivity contribution is 6.09. The van der Waals surface area contributed by atoms with Crippen molar-refractivity contribution in [3.63, 3.8) is 0 Å². The van der Waals surface area contributed by atoms with Gasteiger partial charge in [0.15, 0.2) is 11.5 Å². The molecule has 1 aromatic carbocycles. The van der Waals surface area contributed by atoms with Crippen LogP contribution in [0.2, 0.25) is 0 Å². The molecule has 1 aliphatic carbocycles. The van der Waals surface area contributed by atoms with E-state index in [1.165, 1.54) is 11.9 Å². The maximum atomic E-state index is 12.4. The Kier molecular flexibility index (Phi) is 6.52. The summed E-state index contributed by atoms with van der Waals surface area (Å²) in [6.45, 7) is 3.24. The standard InChI is InChI=1S/C24H29N5O5/c1-24(2)19(29-18-20(25)26-12-27-22(18)34-24)15-7-3-13(4-8-15)14-5-9-16(10-6-14)21(31)28-17(11-30)23(32)33/h3-4,7-8,12,14,16-17,30H,5-6,9-11H2,1-2H3,(H,28,31)(H,32,33)(H2,25,26,27). The number of ether oxygens (including phenoxy) is 1. The number of fused-ring (bicyclic) bond motifs is 1. The highest BCUT2D eigenvalue weighted by Crippen LogP contribution is 2.40. The summed E-state index contributed by atoms with van der Waals surface area (Å²) < 4.78 is 6.05. The van der Waals surface area contributed by atoms with E-state index in [-0.39, 0.29) is 17.6 Å². The van der Waals surface area contributed by atoms with Gasteiger partial charge >= 0.3 is 5.97 Å². The molecule has 0 spiro atoms. The second-order valence-corrected chi connectivity index (χ2v) is 9.24. The summed E-state index contributed by atoms with van der Waals surface area (Å²) in [5, 5.41) is 20.6. The first-order valence-corrected chi connectivity index (χ1v) is 11.3. The van der Waals surface area contributed by atoms with Crippen molar-refractivity contribution in [2.45, 2.75) is 57.1 Å². The molecule has 2 aliphatic rings. The van der Waals surface area contributed by atoms with Crippen LogP contribution < -0.4 is 15.8 Å². The summed E-state index contributed by atoms with van der Waals surface area (Å²) in [5.41, 5.74) is 8.55. The SMILES string of the molecule is CC1(C)Oc2ncnc(N)c2N=C1c1ccc(C2CCC(C(=O)NC(CO)C(=O)O)CC2)cc1. The monoisotopic (exact) mass is 467 g/mol. The van der Waals surface area contributed by atoms with Gasteiger partial charge < -0.3 is 26.0 Å². The summed E-state index contributed by atoms with van der Waals surface area (Å²) >= 11 is 0. The first-order valence-electron chi connectivity index (χ1n) is 11.3. The van der Waals surface area contributed by atoms with Gasteiger partial charge in [0, 0.05) is 11.5 Å². The highest BCUT2D eigenvalue weighted by atomic mass is 16.5. The number of anilines is 1. The van der Waals surface area contributed by atoms with Crippen molar-refractivity contribution in [3.8, 4) is 5.88 Å². The Hall–Kier alpha value is -3.53. The third kappa shape index (κ3) is 4.72. The Balaban J connectivity index is 1.43. The molecular weight excluding hydrogens is 438 g/mol. The van der Waals surface area contributed by atoms with Crippen LogP contribution in [0, 0.1) is 5.92 Å². The number of aliphatic imine (C=N–C) groups is 1. The summed E-state index contributed by atoms with van der Waals surface area (Å²) in [6.07, 6.45) is 4.34. The average Bonchev–Trinajstić information content (AvgIpc) is 2.81. The van der Waals surface area contributed by atoms with Crippen LogP contribution in [0.25, 0.3) is 0 Å². The van der Waals surface area contributed by atoms with Crippen molar-refractivity contribution in [1.82, 2.24) is 15.3 Å². The predicted molar refractivity (Wildman–Crippen MR) is 125 cm³/mol. The third-order valence-electron chi connectivity index (χ3n) is 6.51. The van der Waals surface area contributed by atoms with Crippen molar-refractivity contribution in [2.75, 3.05) is 12.3 Å². The maximum Gasteiger partial charge on any atom is 0.328 e. The zero-order valence-corrected chi connectivity index (χ0v) is 19.2. The zero-order valence-electron chi connectivity index (χ0n) is 19.2. The molecule has 10 nitrogen and oxygen atoms in total. The Morgan fingerprint density at radius 1 is 1.18 bits per heavy atom. The van der Waals surface area contributed by atoms with E-state index in [2.05, 4.69) is 27.4 Å². The summed E-state index contributed by atoms with van der Waals surface area (Å²) in [5.74, 6) is -0.841. The van der Waals surface area contributed by atoms with Gasteiger partial charge in [-0.15, -0.1) is 0 Å². The molecule has 0 saturated heterocycles. The van der Waals surface area contributed by atoms with E-state index in [0.29, 0.717) is 30.3 Å². The Bertz CT molecular complexity index is 1110. The first-order chi connectivity index (χ1) is 16.2. The minimum Gasteiger partial charge on any atom is -0.480 e. The molecule has 1 aromatic heterocycles. The lowest BCUT2D eigenvalue weighted by molar-refractivity contribution is -0.143. The van der Waals surface area contributed by atoms with Crippen molar-refractivity contribution >= 4 is 29.1 Å². The molecule has 5 N–H and O–H groups in total. The van der Waals surface area contributed by atoms with E-state index in [9.17, 15) is 9.59 Å². The van der Waals surface area contributed by atoms with Gasteiger partial charge in [-0.05, 0) is 51.0 Å². The van der Waals surface area contributed by atoms with E-state index in [4.69, 9.17) is 25.7 Å². The number of carbonyl (C=O) groups excluding carboxylic acids is 1. The number of hydrogen-bond acceptors (Lipinski definition) is 8. The smallest absolute Gasteiger partial charge is 0.328 e. The predicted octanol–water partition coefficient (Wildman–Crippen LogP) is 2.19. The number of aliphatic carboxylic acids is 1. The van der Waals surface area contributed by atoms with E-state index >= 15 is 0 Å². The van der Waals surface area contributed by atoms with Gasteiger partial charge in [-0.3, -0.25) is 4.79 Å². The molecule has 180 valence electrons. The number of amides is 1. The largest absolute Gasteiger partial charge is 0.480 e. The van der Waals surface area contributed by atoms with Crippen molar-refractivity contribution in [3.05, 3.63) is 41.7 Å². The molecule has 0 bridgehead atoms. The number of nitrogens with zero attached hydrogens (tertiary/aromatic N) is 3. The molecule has 10 heteroatoms. The Morgan fingerprint density at radius 2 is 1.85 bits per heavy atom. The second kappa shape index (κ2) is 9.38. The van der Waals surface area contributed by atoms with E-state index < -0.39 is 24.2 Å². The maximum absolute atomic E-state index is 12.4. The van der Waals surface area contributed by atoms with Gasteiger partial charge in [0.05, 0.1) is 12.3 Å². The Morgan fingerprint density at radius 3 is 2.47 bits per heavy atom. The van der Waals surface area contributed by atoms with Crippen LogP contribution in [-0.4, -0.2) is 56.0 Å². The third-order valence-corrected chi connectivity index (χ3v) is 6.51. The molecule has 0 radical (unpaired) electrons. The van der Waals surface area contributed by atoms with Crippen LogP contribution >= 0.6 is 0 Å². The molecular formula is C24H29N5O5. The number of rotatable bonds is 6. The van der Waals surface area contributed by atoms with Gasteiger partial charge in [-0.2, -0.15) is 4.98 Å². The van der Waals surface area contributed by atoms with Crippen LogP contribution in [0.3, 0.4) is 0 Å². The topological polar surface area (TPSA) is 160 Å². The van der Waals surface area contributed by atoms with Crippen molar-refractivity contribution in [1.29, 1.82) is 0 Å². The number of aliphatic hydroxyl groups is 1. The van der Waals surface area contributed by atoms with E-state index in [1.54, 1.807) is 0 Å². The number of nitrogen functional groups attached to an aromatic ring is 1. The van der Waals surface area contributed by atoms with Crippen LogP contribution in [0.1, 0.15) is 56.6 Å². The van der Waals surface area contributed by atoms with Gasteiger partial charge in [-0.25, -0.2) is 14.8 Å². The molecule has 34 heavy (non-hydrogen) atoms. The number of carboxylic acids is 1. The van der Waals surface area contributed by atoms with Gasteiger partial charge in [0.1, 0.15) is 18.0 Å². The van der Waals surface area contributed by atoms with E-state index in [1.807, 2.05) is 26.0 Å². The van der Waals surface area contributed by atoms with Gasteiger partial charge in [-0.1, -0.05) is 24.3 Å². The zero-order chi connectivity index (χ0) is 24.5. The van der Waals surface area contributed by atoms with Crippen LogP contribution in [-0.2, 0) is 9.59 Å². The van der Waals surface area contributed by atoms with E-state index in [0.717, 1.165) is 24.1 Å². The van der Waals surface area contributed by atoms with Gasteiger partial charge in [0.2, 0.25) is 11.8 Å². The fourth-order valence-electron chi connectivity index (χ4n) is 4.58. The quantitative estimate of drug-likeness (QED) is 0.503. The molecule has 2 aromatic rings. The molecule has 4 rings (SSSR count). The molecule has 1 atom stereocenters. The van der Waals surface area contributed by atoms with Gasteiger partial charge in [0.25, 0.3) is 0 Å².